The number of benzene rings is 2. The third-order valence-corrected chi connectivity index (χ3v) is 6.48. The second-order valence-corrected chi connectivity index (χ2v) is 9.10. The Kier molecular flexibility index (Phi) is 6.32. The molecule has 0 spiro atoms. The van der Waals surface area contributed by atoms with Crippen molar-refractivity contribution >= 4 is 5.91 Å². The van der Waals surface area contributed by atoms with Crippen LogP contribution in [0.5, 0.6) is 0 Å². The van der Waals surface area contributed by atoms with Crippen molar-refractivity contribution in [3.05, 3.63) is 95.4 Å². The number of aromatic nitrogens is 2. The zero-order chi connectivity index (χ0) is 23.5. The SMILES string of the molecule is Cc1ccc(C)c(-n2nc(-c3ccco3)cc2C(=O)NC2CCN(Cc3ccccc3)CC2)c1. The van der Waals surface area contributed by atoms with Crippen LogP contribution in [0.15, 0.2) is 77.4 Å². The number of aryl methyl sites for hydroxylation is 2. The van der Waals surface area contributed by atoms with Gasteiger partial charge in [0.1, 0.15) is 11.4 Å². The molecular weight excluding hydrogens is 424 g/mol. The van der Waals surface area contributed by atoms with E-state index in [1.807, 2.05) is 38.1 Å². The van der Waals surface area contributed by atoms with E-state index in [4.69, 9.17) is 9.52 Å². The van der Waals surface area contributed by atoms with Gasteiger partial charge in [-0.1, -0.05) is 42.5 Å². The lowest BCUT2D eigenvalue weighted by Gasteiger charge is -2.32. The fourth-order valence-corrected chi connectivity index (χ4v) is 4.56. The molecule has 174 valence electrons. The largest absolute Gasteiger partial charge is 0.463 e. The fourth-order valence-electron chi connectivity index (χ4n) is 4.56. The highest BCUT2D eigenvalue weighted by Crippen LogP contribution is 2.25. The van der Waals surface area contributed by atoms with Crippen LogP contribution in [0.4, 0.5) is 0 Å². The van der Waals surface area contributed by atoms with Crippen molar-refractivity contribution in [3.8, 4) is 17.1 Å². The molecule has 34 heavy (non-hydrogen) atoms. The molecule has 6 nitrogen and oxygen atoms in total. The Morgan fingerprint density at radius 1 is 1.03 bits per heavy atom. The van der Waals surface area contributed by atoms with Gasteiger partial charge in [0.25, 0.3) is 5.91 Å². The van der Waals surface area contributed by atoms with E-state index in [2.05, 4.69) is 52.7 Å². The molecule has 3 heterocycles. The average Bonchev–Trinajstić information content (AvgIpc) is 3.53. The third kappa shape index (κ3) is 4.82. The lowest BCUT2D eigenvalue weighted by Crippen LogP contribution is -2.44. The van der Waals surface area contributed by atoms with E-state index in [1.165, 1.54) is 5.56 Å². The summed E-state index contributed by atoms with van der Waals surface area (Å²) in [7, 11) is 0. The molecular formula is C28H30N4O2. The molecule has 0 unspecified atom stereocenters. The Balaban J connectivity index is 1.33. The van der Waals surface area contributed by atoms with Gasteiger partial charge >= 0.3 is 0 Å². The molecule has 6 heteroatoms. The van der Waals surface area contributed by atoms with Crippen LogP contribution in [-0.2, 0) is 6.54 Å². The number of carbonyl (C=O) groups is 1. The van der Waals surface area contributed by atoms with Crippen LogP contribution in [0.1, 0.15) is 40.0 Å². The maximum Gasteiger partial charge on any atom is 0.270 e. The summed E-state index contributed by atoms with van der Waals surface area (Å²) in [6, 6.07) is 22.4. The second-order valence-electron chi connectivity index (χ2n) is 9.10. The van der Waals surface area contributed by atoms with Gasteiger partial charge in [-0.05, 0) is 61.6 Å². The first-order valence-electron chi connectivity index (χ1n) is 11.9. The standard InChI is InChI=1S/C28H30N4O2/c1-20-10-11-21(2)25(17-20)32-26(18-24(30-32)27-9-6-16-34-27)28(33)29-23-12-14-31(15-13-23)19-22-7-4-3-5-8-22/h3-11,16-18,23H,12-15,19H2,1-2H3,(H,29,33). The van der Waals surface area contributed by atoms with Crippen molar-refractivity contribution in [3.63, 3.8) is 0 Å². The molecule has 0 aliphatic carbocycles. The summed E-state index contributed by atoms with van der Waals surface area (Å²) in [6.45, 7) is 6.96. The van der Waals surface area contributed by atoms with Crippen LogP contribution in [0.25, 0.3) is 17.1 Å². The van der Waals surface area contributed by atoms with E-state index in [9.17, 15) is 4.79 Å². The summed E-state index contributed by atoms with van der Waals surface area (Å²) >= 11 is 0. The molecule has 1 fully saturated rings. The monoisotopic (exact) mass is 454 g/mol. The molecule has 0 atom stereocenters. The summed E-state index contributed by atoms with van der Waals surface area (Å²) < 4.78 is 7.31. The van der Waals surface area contributed by atoms with E-state index < -0.39 is 0 Å². The number of amides is 1. The Labute approximate surface area is 200 Å². The lowest BCUT2D eigenvalue weighted by atomic mass is 10.0. The van der Waals surface area contributed by atoms with Gasteiger partial charge in [0, 0.05) is 31.7 Å². The molecule has 4 aromatic rings. The third-order valence-electron chi connectivity index (χ3n) is 6.48. The normalized spacial score (nSPS) is 14.9. The molecule has 1 amide bonds. The Morgan fingerprint density at radius 3 is 2.56 bits per heavy atom. The zero-order valence-electron chi connectivity index (χ0n) is 19.7. The summed E-state index contributed by atoms with van der Waals surface area (Å²) in [5, 5.41) is 8.02. The summed E-state index contributed by atoms with van der Waals surface area (Å²) in [5.74, 6) is 0.542. The van der Waals surface area contributed by atoms with Gasteiger partial charge in [-0.3, -0.25) is 9.69 Å². The van der Waals surface area contributed by atoms with Crippen molar-refractivity contribution in [1.29, 1.82) is 0 Å². The first-order chi connectivity index (χ1) is 16.6. The highest BCUT2D eigenvalue weighted by molar-refractivity contribution is 5.94. The van der Waals surface area contributed by atoms with E-state index in [1.54, 1.807) is 10.9 Å². The maximum absolute atomic E-state index is 13.4. The predicted octanol–water partition coefficient (Wildman–Crippen LogP) is 5.14. The van der Waals surface area contributed by atoms with Crippen molar-refractivity contribution in [1.82, 2.24) is 20.0 Å². The van der Waals surface area contributed by atoms with Crippen LogP contribution in [0, 0.1) is 13.8 Å². The molecule has 5 rings (SSSR count). The van der Waals surface area contributed by atoms with Crippen LogP contribution >= 0.6 is 0 Å². The molecule has 2 aromatic heterocycles. The Hall–Kier alpha value is -3.64. The van der Waals surface area contributed by atoms with Gasteiger partial charge in [0.15, 0.2) is 5.76 Å². The molecule has 1 N–H and O–H groups in total. The van der Waals surface area contributed by atoms with Crippen molar-refractivity contribution in [2.45, 2.75) is 39.3 Å². The van der Waals surface area contributed by atoms with Crippen LogP contribution < -0.4 is 5.32 Å². The molecule has 0 saturated carbocycles. The number of furan rings is 1. The summed E-state index contributed by atoms with van der Waals surface area (Å²) in [6.07, 6.45) is 3.48. The number of piperidine rings is 1. The van der Waals surface area contributed by atoms with Gasteiger partial charge < -0.3 is 9.73 Å². The highest BCUT2D eigenvalue weighted by atomic mass is 16.3. The fraction of sp³-hybridized carbons (Fsp3) is 0.286. The van der Waals surface area contributed by atoms with E-state index in [0.29, 0.717) is 17.1 Å². The van der Waals surface area contributed by atoms with Gasteiger partial charge in [0.05, 0.1) is 12.0 Å². The van der Waals surface area contributed by atoms with Crippen molar-refractivity contribution in [2.75, 3.05) is 13.1 Å². The molecule has 2 aromatic carbocycles. The second kappa shape index (κ2) is 9.69. The Morgan fingerprint density at radius 2 is 1.82 bits per heavy atom. The predicted molar refractivity (Wildman–Crippen MR) is 133 cm³/mol. The first kappa shape index (κ1) is 22.2. The van der Waals surface area contributed by atoms with Gasteiger partial charge in [-0.15, -0.1) is 0 Å². The topological polar surface area (TPSA) is 63.3 Å². The van der Waals surface area contributed by atoms with Crippen LogP contribution in [-0.4, -0.2) is 39.7 Å². The van der Waals surface area contributed by atoms with Gasteiger partial charge in [-0.2, -0.15) is 5.10 Å². The lowest BCUT2D eigenvalue weighted by molar-refractivity contribution is 0.0901. The number of hydrogen-bond acceptors (Lipinski definition) is 4. The molecule has 0 radical (unpaired) electrons. The summed E-state index contributed by atoms with van der Waals surface area (Å²) in [4.78, 5) is 15.9. The van der Waals surface area contributed by atoms with Crippen molar-refractivity contribution in [2.24, 2.45) is 0 Å². The van der Waals surface area contributed by atoms with E-state index in [0.717, 1.165) is 49.3 Å². The van der Waals surface area contributed by atoms with E-state index >= 15 is 0 Å². The average molecular weight is 455 g/mol. The summed E-state index contributed by atoms with van der Waals surface area (Å²) in [5.41, 5.74) is 5.57. The van der Waals surface area contributed by atoms with Gasteiger partial charge in [-0.25, -0.2) is 4.68 Å². The van der Waals surface area contributed by atoms with Crippen LogP contribution in [0.3, 0.4) is 0 Å². The number of nitrogens with one attached hydrogen (secondary N) is 1. The van der Waals surface area contributed by atoms with Crippen LogP contribution in [0.2, 0.25) is 0 Å². The number of nitrogens with zero attached hydrogens (tertiary/aromatic N) is 3. The van der Waals surface area contributed by atoms with Crippen molar-refractivity contribution < 1.29 is 9.21 Å². The first-order valence-corrected chi connectivity index (χ1v) is 11.9. The minimum Gasteiger partial charge on any atom is -0.463 e. The van der Waals surface area contributed by atoms with E-state index in [-0.39, 0.29) is 11.9 Å². The zero-order valence-corrected chi connectivity index (χ0v) is 19.7. The Bertz CT molecular complexity index is 1250. The maximum atomic E-state index is 13.4. The quantitative estimate of drug-likeness (QED) is 0.438. The molecule has 1 aliphatic heterocycles. The minimum atomic E-state index is -0.104. The number of carbonyl (C=O) groups excluding carboxylic acids is 1. The van der Waals surface area contributed by atoms with Gasteiger partial charge in [0.2, 0.25) is 0 Å². The smallest absolute Gasteiger partial charge is 0.270 e. The number of hydrogen-bond donors (Lipinski definition) is 1. The molecule has 0 bridgehead atoms. The number of likely N-dealkylation sites (tertiary alicyclic amines) is 1. The molecule has 1 saturated heterocycles. The highest BCUT2D eigenvalue weighted by Gasteiger charge is 2.25. The minimum absolute atomic E-state index is 0.104. The molecule has 1 aliphatic rings. The number of rotatable bonds is 6.